The number of methoxy groups -OCH3 is 1. The van der Waals surface area contributed by atoms with Gasteiger partial charge in [-0.05, 0) is 68.3 Å². The Balaban J connectivity index is 2.13. The number of carbonyl (C=O) groups is 1. The van der Waals surface area contributed by atoms with Crippen molar-refractivity contribution in [3.63, 3.8) is 0 Å². The molecule has 2 aromatic rings. The number of ether oxygens (including phenoxy) is 2. The molecule has 0 saturated heterocycles. The van der Waals surface area contributed by atoms with E-state index in [1.807, 2.05) is 12.1 Å². The fourth-order valence-electron chi connectivity index (χ4n) is 1.97. The van der Waals surface area contributed by atoms with Gasteiger partial charge < -0.3 is 9.47 Å². The lowest BCUT2D eigenvalue weighted by atomic mass is 10.2. The standard InChI is InChI=1S/C18H16BrIN2O3/c1-3-8-25-17-15(20)9-12(10-16(17)24-2)11-21-22-18(23)13-6-4-5-7-14(13)19/h3-7,9-11H,1,8H2,2H3,(H,22,23)/b21-11+. The Labute approximate surface area is 168 Å². The number of hydrogen-bond donors (Lipinski definition) is 1. The third kappa shape index (κ3) is 5.30. The highest BCUT2D eigenvalue weighted by atomic mass is 127. The lowest BCUT2D eigenvalue weighted by Gasteiger charge is -2.12. The van der Waals surface area contributed by atoms with Gasteiger partial charge in [0.2, 0.25) is 0 Å². The van der Waals surface area contributed by atoms with Crippen LogP contribution in [-0.4, -0.2) is 25.8 Å². The minimum Gasteiger partial charge on any atom is -0.493 e. The molecule has 0 saturated carbocycles. The van der Waals surface area contributed by atoms with Gasteiger partial charge in [-0.15, -0.1) is 0 Å². The van der Waals surface area contributed by atoms with E-state index in [4.69, 9.17) is 9.47 Å². The van der Waals surface area contributed by atoms with Crippen molar-refractivity contribution in [2.24, 2.45) is 5.10 Å². The van der Waals surface area contributed by atoms with Crippen molar-refractivity contribution in [3.8, 4) is 11.5 Å². The first kappa shape index (κ1) is 19.5. The van der Waals surface area contributed by atoms with Crippen LogP contribution >= 0.6 is 38.5 Å². The highest BCUT2D eigenvalue weighted by molar-refractivity contribution is 14.1. The van der Waals surface area contributed by atoms with E-state index in [1.165, 1.54) is 0 Å². The summed E-state index contributed by atoms with van der Waals surface area (Å²) in [5, 5.41) is 4.01. The van der Waals surface area contributed by atoms with Gasteiger partial charge in [0.05, 0.1) is 22.5 Å². The number of nitrogens with one attached hydrogen (secondary N) is 1. The van der Waals surface area contributed by atoms with Crippen molar-refractivity contribution in [2.75, 3.05) is 13.7 Å². The molecule has 0 aliphatic heterocycles. The van der Waals surface area contributed by atoms with Crippen LogP contribution in [0.3, 0.4) is 0 Å². The van der Waals surface area contributed by atoms with E-state index in [-0.39, 0.29) is 5.91 Å². The Morgan fingerprint density at radius 3 is 2.84 bits per heavy atom. The Kier molecular flexibility index (Phi) is 7.45. The highest BCUT2D eigenvalue weighted by Gasteiger charge is 2.11. The zero-order valence-electron chi connectivity index (χ0n) is 13.5. The van der Waals surface area contributed by atoms with E-state index in [9.17, 15) is 4.79 Å². The van der Waals surface area contributed by atoms with Crippen LogP contribution in [0.25, 0.3) is 0 Å². The van der Waals surface area contributed by atoms with Crippen LogP contribution < -0.4 is 14.9 Å². The SMILES string of the molecule is C=CCOc1c(I)cc(/C=N/NC(=O)c2ccccc2Br)cc1OC. The summed E-state index contributed by atoms with van der Waals surface area (Å²) in [4.78, 5) is 12.1. The van der Waals surface area contributed by atoms with E-state index in [1.54, 1.807) is 43.7 Å². The number of halogens is 2. The molecule has 2 aromatic carbocycles. The van der Waals surface area contributed by atoms with Crippen LogP contribution in [0.1, 0.15) is 15.9 Å². The number of hydrogen-bond acceptors (Lipinski definition) is 4. The molecule has 1 amide bonds. The van der Waals surface area contributed by atoms with Gasteiger partial charge >= 0.3 is 0 Å². The average Bonchev–Trinajstić information content (AvgIpc) is 2.60. The molecule has 0 aliphatic rings. The minimum absolute atomic E-state index is 0.295. The molecule has 0 atom stereocenters. The van der Waals surface area contributed by atoms with Gasteiger partial charge in [-0.25, -0.2) is 5.43 Å². The van der Waals surface area contributed by atoms with Crippen molar-refractivity contribution in [2.45, 2.75) is 0 Å². The fraction of sp³-hybridized carbons (Fsp3) is 0.111. The molecular formula is C18H16BrIN2O3. The van der Waals surface area contributed by atoms with Gasteiger partial charge in [-0.3, -0.25) is 4.79 Å². The number of hydrazone groups is 1. The van der Waals surface area contributed by atoms with E-state index in [0.29, 0.717) is 28.1 Å². The van der Waals surface area contributed by atoms with Crippen LogP contribution in [0, 0.1) is 3.57 Å². The summed E-state index contributed by atoms with van der Waals surface area (Å²) in [6, 6.07) is 10.8. The largest absolute Gasteiger partial charge is 0.493 e. The topological polar surface area (TPSA) is 59.9 Å². The summed E-state index contributed by atoms with van der Waals surface area (Å²) in [5.41, 5.74) is 3.80. The summed E-state index contributed by atoms with van der Waals surface area (Å²) in [6.07, 6.45) is 3.22. The zero-order chi connectivity index (χ0) is 18.2. The molecule has 0 unspecified atom stereocenters. The van der Waals surface area contributed by atoms with Crippen LogP contribution in [0.2, 0.25) is 0 Å². The smallest absolute Gasteiger partial charge is 0.272 e. The Hall–Kier alpha value is -1.87. The average molecular weight is 515 g/mol. The van der Waals surface area contributed by atoms with E-state index < -0.39 is 0 Å². The number of nitrogens with zero attached hydrogens (tertiary/aromatic N) is 1. The monoisotopic (exact) mass is 514 g/mol. The molecule has 25 heavy (non-hydrogen) atoms. The van der Waals surface area contributed by atoms with Crippen molar-refractivity contribution >= 4 is 50.6 Å². The Morgan fingerprint density at radius 2 is 2.16 bits per heavy atom. The second-order valence-electron chi connectivity index (χ2n) is 4.81. The maximum Gasteiger partial charge on any atom is 0.272 e. The van der Waals surface area contributed by atoms with Gasteiger partial charge in [0.15, 0.2) is 11.5 Å². The fourth-order valence-corrected chi connectivity index (χ4v) is 3.21. The van der Waals surface area contributed by atoms with E-state index in [2.05, 4.69) is 55.6 Å². The molecule has 0 heterocycles. The third-order valence-electron chi connectivity index (χ3n) is 3.10. The van der Waals surface area contributed by atoms with Crippen molar-refractivity contribution < 1.29 is 14.3 Å². The zero-order valence-corrected chi connectivity index (χ0v) is 17.2. The first-order valence-electron chi connectivity index (χ1n) is 7.26. The van der Waals surface area contributed by atoms with Crippen LogP contribution in [0.5, 0.6) is 11.5 Å². The Bertz CT molecular complexity index is 809. The summed E-state index contributed by atoms with van der Waals surface area (Å²) < 4.78 is 12.5. The highest BCUT2D eigenvalue weighted by Crippen LogP contribution is 2.33. The predicted octanol–water partition coefficient (Wildman–Crippen LogP) is 4.39. The minimum atomic E-state index is -0.295. The number of carbonyl (C=O) groups excluding carboxylic acids is 1. The first-order valence-corrected chi connectivity index (χ1v) is 9.13. The molecule has 0 aliphatic carbocycles. The summed E-state index contributed by atoms with van der Waals surface area (Å²) in [6.45, 7) is 4.02. The maximum absolute atomic E-state index is 12.1. The van der Waals surface area contributed by atoms with Gasteiger partial charge in [-0.2, -0.15) is 5.10 Å². The lowest BCUT2D eigenvalue weighted by molar-refractivity contribution is 0.0954. The van der Waals surface area contributed by atoms with Crippen LogP contribution in [0.4, 0.5) is 0 Å². The van der Waals surface area contributed by atoms with Crippen LogP contribution in [-0.2, 0) is 0 Å². The number of benzene rings is 2. The molecule has 2 rings (SSSR count). The molecule has 5 nitrogen and oxygen atoms in total. The molecule has 0 aromatic heterocycles. The second kappa shape index (κ2) is 9.57. The molecule has 7 heteroatoms. The van der Waals surface area contributed by atoms with Crippen molar-refractivity contribution in [1.82, 2.24) is 5.43 Å². The lowest BCUT2D eigenvalue weighted by Crippen LogP contribution is -2.18. The summed E-state index contributed by atoms with van der Waals surface area (Å²) in [5.74, 6) is 0.945. The van der Waals surface area contributed by atoms with Crippen molar-refractivity contribution in [3.05, 3.63) is 68.2 Å². The third-order valence-corrected chi connectivity index (χ3v) is 4.59. The van der Waals surface area contributed by atoms with Gasteiger partial charge in [0.25, 0.3) is 5.91 Å². The van der Waals surface area contributed by atoms with E-state index >= 15 is 0 Å². The molecule has 0 fully saturated rings. The number of rotatable bonds is 7. The number of amides is 1. The summed E-state index contributed by atoms with van der Waals surface area (Å²) >= 11 is 5.50. The van der Waals surface area contributed by atoms with Crippen molar-refractivity contribution in [1.29, 1.82) is 0 Å². The van der Waals surface area contributed by atoms with E-state index in [0.717, 1.165) is 9.13 Å². The normalized spacial score (nSPS) is 10.5. The molecule has 1 N–H and O–H groups in total. The van der Waals surface area contributed by atoms with Gasteiger partial charge in [-0.1, -0.05) is 24.8 Å². The van der Waals surface area contributed by atoms with Crippen LogP contribution in [0.15, 0.2) is 58.6 Å². The first-order chi connectivity index (χ1) is 12.1. The maximum atomic E-state index is 12.1. The van der Waals surface area contributed by atoms with Gasteiger partial charge in [0.1, 0.15) is 6.61 Å². The molecule has 0 bridgehead atoms. The predicted molar refractivity (Wildman–Crippen MR) is 111 cm³/mol. The quantitative estimate of drug-likeness (QED) is 0.258. The molecule has 0 spiro atoms. The second-order valence-corrected chi connectivity index (χ2v) is 6.83. The molecular weight excluding hydrogens is 499 g/mol. The molecule has 130 valence electrons. The van der Waals surface area contributed by atoms with Gasteiger partial charge in [0, 0.05) is 4.47 Å². The summed E-state index contributed by atoms with van der Waals surface area (Å²) in [7, 11) is 1.57. The Morgan fingerprint density at radius 1 is 1.40 bits per heavy atom. The molecule has 0 radical (unpaired) electrons.